The van der Waals surface area contributed by atoms with Gasteiger partial charge in [0, 0.05) is 18.1 Å². The van der Waals surface area contributed by atoms with Gasteiger partial charge in [0.2, 0.25) is 11.9 Å². The van der Waals surface area contributed by atoms with Crippen molar-refractivity contribution >= 4 is 55.4 Å². The van der Waals surface area contributed by atoms with Crippen LogP contribution >= 0.6 is 25.3 Å². The zero-order valence-electron chi connectivity index (χ0n) is 29.1. The molecule has 0 aromatic heterocycles. The van der Waals surface area contributed by atoms with Crippen LogP contribution in [-0.2, 0) is 30.5 Å². The van der Waals surface area contributed by atoms with E-state index in [0.29, 0.717) is 30.1 Å². The summed E-state index contributed by atoms with van der Waals surface area (Å²) in [5.74, 6) is 1.26. The van der Waals surface area contributed by atoms with Gasteiger partial charge in [0.15, 0.2) is 0 Å². The van der Waals surface area contributed by atoms with Gasteiger partial charge >= 0.3 is 18.3 Å². The first-order valence-corrected chi connectivity index (χ1v) is 16.8. The minimum absolute atomic E-state index is 0.142. The van der Waals surface area contributed by atoms with Crippen LogP contribution in [0.25, 0.3) is 0 Å². The summed E-state index contributed by atoms with van der Waals surface area (Å²) in [5.41, 5.74) is -0.194. The lowest BCUT2D eigenvalue weighted by Gasteiger charge is -2.23. The molecule has 1 rings (SSSR count). The Morgan fingerprint density at radius 1 is 0.766 bits per heavy atom. The summed E-state index contributed by atoms with van der Waals surface area (Å²) in [6.45, 7) is 16.0. The number of unbranched alkanes of at least 4 members (excludes halogenated alkanes) is 1. The largest absolute Gasteiger partial charge is 0.492 e. The molecule has 0 saturated heterocycles. The Kier molecular flexibility index (Phi) is 17.3. The van der Waals surface area contributed by atoms with Gasteiger partial charge in [0.25, 0.3) is 0 Å². The quantitative estimate of drug-likeness (QED) is 0.0516. The number of hydrogen-bond acceptors (Lipinski definition) is 11. The fraction of sp³-hybridized carbons (Fsp3) is 0.656. The normalized spacial score (nSPS) is 12.2. The molecule has 1 atom stereocenters. The van der Waals surface area contributed by atoms with Crippen LogP contribution in [0.5, 0.6) is 5.75 Å². The van der Waals surface area contributed by atoms with Gasteiger partial charge in [-0.1, -0.05) is 6.07 Å². The number of carbonyl (C=O) groups is 4. The zero-order chi connectivity index (χ0) is 35.8. The summed E-state index contributed by atoms with van der Waals surface area (Å²) >= 11 is 8.68. The lowest BCUT2D eigenvalue weighted by Crippen LogP contribution is -2.48. The number of rotatable bonds is 13. The molecule has 0 spiro atoms. The average Bonchev–Trinajstić information content (AvgIpc) is 2.90. The molecule has 4 N–H and O–H groups in total. The fourth-order valence-electron chi connectivity index (χ4n) is 3.74. The van der Waals surface area contributed by atoms with Gasteiger partial charge in [-0.2, -0.15) is 25.3 Å². The van der Waals surface area contributed by atoms with Gasteiger partial charge in [-0.3, -0.25) is 20.4 Å². The van der Waals surface area contributed by atoms with Crippen molar-refractivity contribution in [3.8, 4) is 5.75 Å². The number of ether oxygens (including phenoxy) is 4. The summed E-state index contributed by atoms with van der Waals surface area (Å²) in [6, 6.07) is 4.78. The molecular weight excluding hydrogens is 647 g/mol. The molecule has 0 bridgehead atoms. The lowest BCUT2D eigenvalue weighted by molar-refractivity contribution is -0.123. The first-order chi connectivity index (χ1) is 21.7. The SMILES string of the molecule is CC(C)(C)OC(=O)NC(=NCCCC[C@H](NC(=O)OC(C)(C)C)C(=O)NCCOc1ccc(CS)c(CS)c1)NC(=O)OC(C)(C)C. The molecule has 0 saturated carbocycles. The second kappa shape index (κ2) is 19.5. The van der Waals surface area contributed by atoms with E-state index in [1.54, 1.807) is 62.3 Å². The van der Waals surface area contributed by atoms with Crippen molar-refractivity contribution in [2.45, 2.75) is 116 Å². The summed E-state index contributed by atoms with van der Waals surface area (Å²) in [6.07, 6.45) is -1.14. The molecule has 266 valence electrons. The number of benzene rings is 1. The number of thiol groups is 2. The van der Waals surface area contributed by atoms with Crippen LogP contribution in [0.3, 0.4) is 0 Å². The molecule has 4 amide bonds. The minimum atomic E-state index is -0.890. The van der Waals surface area contributed by atoms with Crippen LogP contribution in [0.2, 0.25) is 0 Å². The Morgan fingerprint density at radius 3 is 1.81 bits per heavy atom. The zero-order valence-corrected chi connectivity index (χ0v) is 30.9. The van der Waals surface area contributed by atoms with Crippen molar-refractivity contribution in [2.75, 3.05) is 19.7 Å². The van der Waals surface area contributed by atoms with Crippen LogP contribution in [0.4, 0.5) is 14.4 Å². The maximum Gasteiger partial charge on any atom is 0.414 e. The second-order valence-corrected chi connectivity index (χ2v) is 14.2. The van der Waals surface area contributed by atoms with E-state index in [0.717, 1.165) is 11.1 Å². The first-order valence-electron chi connectivity index (χ1n) is 15.5. The van der Waals surface area contributed by atoms with Crippen LogP contribution in [0.1, 0.15) is 92.7 Å². The Bertz CT molecular complexity index is 1190. The van der Waals surface area contributed by atoms with Gasteiger partial charge in [-0.05, 0) is 105 Å². The summed E-state index contributed by atoms with van der Waals surface area (Å²) < 4.78 is 21.7. The number of hydrogen-bond donors (Lipinski definition) is 6. The third-order valence-electron chi connectivity index (χ3n) is 5.61. The molecule has 1 aromatic rings. The molecule has 0 aliphatic heterocycles. The van der Waals surface area contributed by atoms with Crippen LogP contribution in [0.15, 0.2) is 23.2 Å². The van der Waals surface area contributed by atoms with Crippen LogP contribution in [0, 0.1) is 0 Å². The number of nitrogens with zero attached hydrogens (tertiary/aromatic N) is 1. The van der Waals surface area contributed by atoms with E-state index in [1.165, 1.54) is 0 Å². The van der Waals surface area contributed by atoms with Crippen molar-refractivity contribution in [3.05, 3.63) is 29.3 Å². The van der Waals surface area contributed by atoms with Crippen molar-refractivity contribution in [2.24, 2.45) is 4.99 Å². The molecule has 0 aliphatic rings. The van der Waals surface area contributed by atoms with Gasteiger partial charge in [-0.15, -0.1) is 0 Å². The molecule has 0 unspecified atom stereocenters. The Labute approximate surface area is 289 Å². The van der Waals surface area contributed by atoms with Gasteiger partial charge in [0.05, 0.1) is 6.54 Å². The Balaban J connectivity index is 2.83. The molecule has 15 heteroatoms. The molecular formula is C32H53N5O8S2. The highest BCUT2D eigenvalue weighted by Gasteiger charge is 2.25. The van der Waals surface area contributed by atoms with E-state index >= 15 is 0 Å². The lowest BCUT2D eigenvalue weighted by atomic mass is 10.1. The third kappa shape index (κ3) is 19.8. The van der Waals surface area contributed by atoms with Gasteiger partial charge in [-0.25, -0.2) is 14.4 Å². The van der Waals surface area contributed by atoms with E-state index in [1.807, 2.05) is 18.2 Å². The predicted octanol–water partition coefficient (Wildman–Crippen LogP) is 5.51. The number of nitrogens with one attached hydrogen (secondary N) is 4. The van der Waals surface area contributed by atoms with E-state index in [-0.39, 0.29) is 32.1 Å². The third-order valence-corrected chi connectivity index (χ3v) is 6.29. The Hall–Kier alpha value is -3.33. The molecule has 47 heavy (non-hydrogen) atoms. The number of aliphatic imine (C=N–C) groups is 1. The maximum atomic E-state index is 13.1. The van der Waals surface area contributed by atoms with E-state index in [9.17, 15) is 19.2 Å². The second-order valence-electron chi connectivity index (χ2n) is 13.6. The standard InChI is InChI=1S/C32H53N5O8S2/c1-30(2,3)43-27(39)35-24(25(38)33-16-17-42-23-14-13-21(19-46)22(18-23)20-47)12-10-11-15-34-26(36-28(40)44-31(4,5)6)37-29(41)45-32(7,8)9/h13-14,18,24,46-47H,10-12,15-17,19-20H2,1-9H3,(H,33,38)(H,35,39)(H2,34,36,37,40,41)/t24-/m0/s1. The van der Waals surface area contributed by atoms with E-state index < -0.39 is 47.0 Å². The summed E-state index contributed by atoms with van der Waals surface area (Å²) in [7, 11) is 0. The van der Waals surface area contributed by atoms with Crippen LogP contribution < -0.4 is 26.0 Å². The molecule has 13 nitrogen and oxygen atoms in total. The highest BCUT2D eigenvalue weighted by atomic mass is 32.1. The average molecular weight is 700 g/mol. The van der Waals surface area contributed by atoms with Crippen molar-refractivity contribution in [1.29, 1.82) is 0 Å². The number of amides is 4. The topological polar surface area (TPSA) is 166 Å². The molecule has 0 aliphatic carbocycles. The minimum Gasteiger partial charge on any atom is -0.492 e. The fourth-order valence-corrected chi connectivity index (χ4v) is 4.34. The first kappa shape index (κ1) is 41.7. The van der Waals surface area contributed by atoms with Crippen molar-refractivity contribution in [1.82, 2.24) is 21.3 Å². The predicted molar refractivity (Wildman–Crippen MR) is 188 cm³/mol. The molecule has 0 fully saturated rings. The maximum absolute atomic E-state index is 13.1. The number of guanidine groups is 1. The van der Waals surface area contributed by atoms with E-state index in [4.69, 9.17) is 18.9 Å². The molecule has 1 aromatic carbocycles. The number of alkyl carbamates (subject to hydrolysis) is 3. The van der Waals surface area contributed by atoms with Gasteiger partial charge in [0.1, 0.15) is 35.2 Å². The highest BCUT2D eigenvalue weighted by molar-refractivity contribution is 7.79. The van der Waals surface area contributed by atoms with Crippen molar-refractivity contribution in [3.63, 3.8) is 0 Å². The smallest absolute Gasteiger partial charge is 0.414 e. The van der Waals surface area contributed by atoms with E-state index in [2.05, 4.69) is 51.5 Å². The monoisotopic (exact) mass is 699 g/mol. The van der Waals surface area contributed by atoms with Crippen LogP contribution in [-0.4, -0.2) is 72.7 Å². The molecule has 0 heterocycles. The highest BCUT2D eigenvalue weighted by Crippen LogP contribution is 2.21. The summed E-state index contributed by atoms with van der Waals surface area (Å²) in [4.78, 5) is 54.5. The molecule has 0 radical (unpaired) electrons. The summed E-state index contributed by atoms with van der Waals surface area (Å²) in [5, 5.41) is 10.3. The number of carbonyl (C=O) groups excluding carboxylic acids is 4. The van der Waals surface area contributed by atoms with Gasteiger partial charge < -0.3 is 29.6 Å². The van der Waals surface area contributed by atoms with Crippen molar-refractivity contribution < 1.29 is 38.1 Å². The Morgan fingerprint density at radius 2 is 1.30 bits per heavy atom.